The molecule has 6 atom stereocenters. The van der Waals surface area contributed by atoms with E-state index < -0.39 is 38.4 Å². The topological polar surface area (TPSA) is 106 Å². The summed E-state index contributed by atoms with van der Waals surface area (Å²) in [4.78, 5) is 40.8. The highest BCUT2D eigenvalue weighted by Crippen LogP contribution is 2.49. The van der Waals surface area contributed by atoms with Crippen LogP contribution in [-0.2, 0) is 36.8 Å². The second-order valence-electron chi connectivity index (χ2n) is 12.1. The van der Waals surface area contributed by atoms with E-state index in [0.717, 1.165) is 11.1 Å². The number of esters is 1. The van der Waals surface area contributed by atoms with Gasteiger partial charge in [0.15, 0.2) is 6.23 Å². The van der Waals surface area contributed by atoms with E-state index in [2.05, 4.69) is 0 Å². The van der Waals surface area contributed by atoms with Gasteiger partial charge in [0, 0.05) is 49.7 Å². The Morgan fingerprint density at radius 1 is 1.17 bits per heavy atom. The number of carbonyl (C=O) groups is 3. The van der Waals surface area contributed by atoms with Gasteiger partial charge in [0.2, 0.25) is 20.2 Å². The Balaban J connectivity index is 1.40. The number of β-lactam (4-membered cyclic amide) rings is 1. The number of carbonyl (C=O) groups excluding carboxylic acids is 3. The SMILES string of the molecule is CO[C@@H]1c2cc(N3C(=O)CC3OC(C)=O)ccc2O[C@H](C(CC(=O)N2Cc3ccccc3C[C@H]2CO)[Si](C)(C)F)[C@H]1C. The van der Waals surface area contributed by atoms with Crippen LogP contribution in [0, 0.1) is 5.92 Å². The lowest BCUT2D eigenvalue weighted by Crippen LogP contribution is -2.55. The average molecular weight is 599 g/mol. The third kappa shape index (κ3) is 5.69. The monoisotopic (exact) mass is 598 g/mol. The molecule has 0 aromatic heterocycles. The molecule has 5 rings (SSSR count). The lowest BCUT2D eigenvalue weighted by molar-refractivity contribution is -0.154. The minimum atomic E-state index is -3.46. The quantitative estimate of drug-likeness (QED) is 0.209. The van der Waals surface area contributed by atoms with Crippen LogP contribution in [-0.4, -0.2) is 68.3 Å². The van der Waals surface area contributed by atoms with Crippen molar-refractivity contribution in [2.45, 2.75) is 82.8 Å². The largest absolute Gasteiger partial charge is 0.490 e. The summed E-state index contributed by atoms with van der Waals surface area (Å²) < 4.78 is 33.7. The lowest BCUT2D eigenvalue weighted by atomic mass is 9.85. The predicted molar refractivity (Wildman–Crippen MR) is 156 cm³/mol. The summed E-state index contributed by atoms with van der Waals surface area (Å²) in [5, 5.41) is 10.1. The minimum absolute atomic E-state index is 0.0421. The summed E-state index contributed by atoms with van der Waals surface area (Å²) in [6.07, 6.45) is -1.15. The maximum absolute atomic E-state index is 16.1. The first kappa shape index (κ1) is 30.2. The number of rotatable bonds is 8. The Hall–Kier alpha value is -3.28. The summed E-state index contributed by atoms with van der Waals surface area (Å²) >= 11 is 0. The number of hydrogen-bond donors (Lipinski definition) is 1. The van der Waals surface area contributed by atoms with Crippen molar-refractivity contribution in [1.82, 2.24) is 4.90 Å². The number of amides is 2. The molecule has 0 radical (unpaired) electrons. The summed E-state index contributed by atoms with van der Waals surface area (Å²) in [6, 6.07) is 12.7. The fraction of sp³-hybridized carbons (Fsp3) is 0.516. The normalized spacial score (nSPS) is 26.0. The molecule has 0 saturated carbocycles. The van der Waals surface area contributed by atoms with Crippen LogP contribution in [0.4, 0.5) is 9.80 Å². The second kappa shape index (κ2) is 11.8. The molecular formula is C31H39FN2O7Si. The Kier molecular flexibility index (Phi) is 8.46. The second-order valence-corrected chi connectivity index (χ2v) is 15.9. The van der Waals surface area contributed by atoms with E-state index >= 15 is 4.11 Å². The fourth-order valence-corrected chi connectivity index (χ4v) is 8.41. The molecule has 1 saturated heterocycles. The number of hydrogen-bond acceptors (Lipinski definition) is 7. The van der Waals surface area contributed by atoms with Gasteiger partial charge in [0.05, 0.1) is 25.2 Å². The van der Waals surface area contributed by atoms with Crippen LogP contribution in [0.25, 0.3) is 0 Å². The van der Waals surface area contributed by atoms with Crippen LogP contribution in [0.1, 0.15) is 49.5 Å². The predicted octanol–water partition coefficient (Wildman–Crippen LogP) is 4.28. The van der Waals surface area contributed by atoms with Crippen LogP contribution < -0.4 is 9.64 Å². The maximum atomic E-state index is 16.1. The van der Waals surface area contributed by atoms with Crippen LogP contribution in [0.3, 0.4) is 0 Å². The highest BCUT2D eigenvalue weighted by Gasteiger charge is 2.49. The Labute approximate surface area is 246 Å². The zero-order valence-corrected chi connectivity index (χ0v) is 25.7. The van der Waals surface area contributed by atoms with Gasteiger partial charge in [-0.25, -0.2) is 0 Å². The van der Waals surface area contributed by atoms with Gasteiger partial charge in [-0.15, -0.1) is 0 Å². The van der Waals surface area contributed by atoms with E-state index in [1.165, 1.54) is 11.8 Å². The number of fused-ring (bicyclic) bond motifs is 2. The molecule has 3 aliphatic heterocycles. The van der Waals surface area contributed by atoms with Crippen molar-refractivity contribution in [1.29, 1.82) is 0 Å². The summed E-state index contributed by atoms with van der Waals surface area (Å²) in [5.74, 6) is -0.650. The molecule has 3 aliphatic rings. The molecule has 11 heteroatoms. The zero-order valence-electron chi connectivity index (χ0n) is 24.7. The van der Waals surface area contributed by atoms with Crippen molar-refractivity contribution in [2.75, 3.05) is 18.6 Å². The number of benzene rings is 2. The molecule has 0 spiro atoms. The highest BCUT2D eigenvalue weighted by molar-refractivity contribution is 6.72. The summed E-state index contributed by atoms with van der Waals surface area (Å²) in [7, 11) is -1.89. The van der Waals surface area contributed by atoms with E-state index in [0.29, 0.717) is 30.0 Å². The van der Waals surface area contributed by atoms with Gasteiger partial charge in [0.25, 0.3) is 0 Å². The van der Waals surface area contributed by atoms with Crippen molar-refractivity contribution >= 4 is 31.9 Å². The van der Waals surface area contributed by atoms with Crippen LogP contribution in [0.2, 0.25) is 18.6 Å². The molecule has 0 aliphatic carbocycles. The van der Waals surface area contributed by atoms with Crippen molar-refractivity contribution in [2.24, 2.45) is 5.92 Å². The average Bonchev–Trinajstić information content (AvgIpc) is 2.93. The van der Waals surface area contributed by atoms with Gasteiger partial charge >= 0.3 is 5.97 Å². The molecule has 2 aromatic rings. The standard InChI is InChI=1S/C31H39FN2O7Si/c1-18-30(39-3)24-13-22(34-28(38)15-29(34)40-19(2)36)10-11-25(24)41-31(18)26(42(4,5)32)14-27(37)33-16-21-9-7-6-8-20(21)12-23(33)17-35/h6-11,13,18,23,26,29-31,35H,12,14-17H2,1-5H3/t18-,23-,26?,29?,30-,31-/m0/s1. The van der Waals surface area contributed by atoms with Crippen LogP contribution >= 0.6 is 0 Å². The van der Waals surface area contributed by atoms with Crippen molar-refractivity contribution in [3.63, 3.8) is 0 Å². The lowest BCUT2D eigenvalue weighted by Gasteiger charge is -2.44. The summed E-state index contributed by atoms with van der Waals surface area (Å²) in [6.45, 7) is 6.63. The molecule has 9 nitrogen and oxygen atoms in total. The number of aliphatic hydroxyl groups is 1. The van der Waals surface area contributed by atoms with Gasteiger partial charge < -0.3 is 28.3 Å². The first-order valence-electron chi connectivity index (χ1n) is 14.4. The smallest absolute Gasteiger partial charge is 0.304 e. The third-order valence-corrected chi connectivity index (χ3v) is 11.2. The van der Waals surface area contributed by atoms with Gasteiger partial charge in [-0.3, -0.25) is 19.3 Å². The van der Waals surface area contributed by atoms with Crippen LogP contribution in [0.5, 0.6) is 5.75 Å². The van der Waals surface area contributed by atoms with Crippen LogP contribution in [0.15, 0.2) is 42.5 Å². The summed E-state index contributed by atoms with van der Waals surface area (Å²) in [5.41, 5.74) is 2.73. The van der Waals surface area contributed by atoms with Gasteiger partial charge in [-0.05, 0) is 48.8 Å². The molecule has 2 amide bonds. The Morgan fingerprint density at radius 2 is 1.88 bits per heavy atom. The van der Waals surface area contributed by atoms with Gasteiger partial charge in [-0.1, -0.05) is 31.2 Å². The Morgan fingerprint density at radius 3 is 2.50 bits per heavy atom. The number of aliphatic hydroxyl groups excluding tert-OH is 1. The number of anilines is 1. The molecule has 2 aromatic carbocycles. The van der Waals surface area contributed by atoms with Gasteiger partial charge in [0.1, 0.15) is 11.9 Å². The molecule has 3 heterocycles. The third-order valence-electron chi connectivity index (χ3n) is 8.86. The van der Waals surface area contributed by atoms with E-state index in [9.17, 15) is 19.5 Å². The molecule has 1 N–H and O–H groups in total. The molecule has 1 fully saturated rings. The van der Waals surface area contributed by atoms with E-state index in [1.54, 1.807) is 43.3 Å². The maximum Gasteiger partial charge on any atom is 0.304 e. The van der Waals surface area contributed by atoms with Crippen molar-refractivity contribution in [3.8, 4) is 5.75 Å². The number of halogens is 1. The molecule has 42 heavy (non-hydrogen) atoms. The van der Waals surface area contributed by atoms with E-state index in [4.69, 9.17) is 14.2 Å². The number of nitrogens with zero attached hydrogens (tertiary/aromatic N) is 2. The first-order valence-corrected chi connectivity index (χ1v) is 17.4. The molecule has 226 valence electrons. The molecule has 2 unspecified atom stereocenters. The Bertz CT molecular complexity index is 1370. The first-order chi connectivity index (χ1) is 19.9. The van der Waals surface area contributed by atoms with Crippen molar-refractivity contribution in [3.05, 3.63) is 59.2 Å². The van der Waals surface area contributed by atoms with E-state index in [1.807, 2.05) is 31.2 Å². The van der Waals surface area contributed by atoms with Gasteiger partial charge in [-0.2, -0.15) is 0 Å². The highest BCUT2D eigenvalue weighted by atomic mass is 28.4. The number of methoxy groups -OCH3 is 1. The molecule has 0 bridgehead atoms. The van der Waals surface area contributed by atoms with E-state index in [-0.39, 0.29) is 43.2 Å². The minimum Gasteiger partial charge on any atom is -0.490 e. The van der Waals surface area contributed by atoms with Crippen molar-refractivity contribution < 1.29 is 37.8 Å². The molecular weight excluding hydrogens is 559 g/mol. The zero-order chi connectivity index (χ0) is 30.3. The number of ether oxygens (including phenoxy) is 3. The fourth-order valence-electron chi connectivity index (χ4n) is 6.60.